The van der Waals surface area contributed by atoms with Gasteiger partial charge in [-0.1, -0.05) is 30.3 Å². The number of nitrogens with zero attached hydrogens (tertiary/aromatic N) is 3. The lowest BCUT2D eigenvalue weighted by molar-refractivity contribution is 0.200. The Balaban J connectivity index is 1.84. The molecule has 0 radical (unpaired) electrons. The van der Waals surface area contributed by atoms with Crippen molar-refractivity contribution in [3.63, 3.8) is 0 Å². The highest BCUT2D eigenvalue weighted by atomic mass is 16.5. The van der Waals surface area contributed by atoms with Gasteiger partial charge in [0.2, 0.25) is 0 Å². The molecule has 2 aromatic rings. The van der Waals surface area contributed by atoms with Crippen LogP contribution in [0.3, 0.4) is 0 Å². The average Bonchev–Trinajstić information content (AvgIpc) is 2.95. The van der Waals surface area contributed by atoms with Crippen molar-refractivity contribution in [2.75, 3.05) is 20.3 Å². The third-order valence-corrected chi connectivity index (χ3v) is 4.16. The van der Waals surface area contributed by atoms with E-state index in [4.69, 9.17) is 10.5 Å². The molecular formula is C16H22N4O. The predicted octanol–water partition coefficient (Wildman–Crippen LogP) is 1.70. The summed E-state index contributed by atoms with van der Waals surface area (Å²) in [7, 11) is 1.70. The molecule has 2 N–H and O–H groups in total. The minimum atomic E-state index is 0.285. The Bertz CT molecular complexity index is 581. The van der Waals surface area contributed by atoms with Gasteiger partial charge in [0.05, 0.1) is 6.61 Å². The maximum atomic E-state index is 5.96. The molecule has 112 valence electrons. The molecule has 1 aliphatic rings. The minimum absolute atomic E-state index is 0.285. The fourth-order valence-corrected chi connectivity index (χ4v) is 3.04. The molecule has 0 bridgehead atoms. The summed E-state index contributed by atoms with van der Waals surface area (Å²) in [4.78, 5) is 4.66. The van der Waals surface area contributed by atoms with Gasteiger partial charge in [0.1, 0.15) is 5.82 Å². The van der Waals surface area contributed by atoms with Crippen LogP contribution in [0.4, 0.5) is 0 Å². The van der Waals surface area contributed by atoms with E-state index in [1.54, 1.807) is 7.11 Å². The smallest absolute Gasteiger partial charge is 0.153 e. The molecule has 5 nitrogen and oxygen atoms in total. The number of nitrogens with two attached hydrogens (primary N) is 1. The van der Waals surface area contributed by atoms with Gasteiger partial charge in [0.15, 0.2) is 5.82 Å². The Hall–Kier alpha value is -1.72. The van der Waals surface area contributed by atoms with Crippen molar-refractivity contribution in [2.24, 2.45) is 5.73 Å². The molecule has 0 aliphatic carbocycles. The summed E-state index contributed by atoms with van der Waals surface area (Å²) in [5, 5.41) is 4.63. The van der Waals surface area contributed by atoms with Crippen molar-refractivity contribution in [1.82, 2.24) is 14.8 Å². The lowest BCUT2D eigenvalue weighted by Crippen LogP contribution is -2.28. The molecule has 1 aromatic carbocycles. The largest absolute Gasteiger partial charge is 0.384 e. The summed E-state index contributed by atoms with van der Waals surface area (Å²) < 4.78 is 7.15. The Labute approximate surface area is 125 Å². The van der Waals surface area contributed by atoms with Crippen LogP contribution in [0.2, 0.25) is 0 Å². The van der Waals surface area contributed by atoms with E-state index in [-0.39, 0.29) is 5.92 Å². The van der Waals surface area contributed by atoms with Crippen LogP contribution < -0.4 is 5.73 Å². The monoisotopic (exact) mass is 286 g/mol. The second-order valence-corrected chi connectivity index (χ2v) is 5.59. The van der Waals surface area contributed by atoms with Crippen molar-refractivity contribution in [3.8, 4) is 0 Å². The molecule has 0 fully saturated rings. The number of ether oxygens (including phenoxy) is 1. The Kier molecular flexibility index (Phi) is 4.31. The van der Waals surface area contributed by atoms with Gasteiger partial charge >= 0.3 is 0 Å². The molecule has 2 unspecified atom stereocenters. The SMILES string of the molecule is COCCc1nc2n(n1)CC(c1ccccc1)CC2CN. The van der Waals surface area contributed by atoms with Crippen LogP contribution >= 0.6 is 0 Å². The molecule has 0 saturated carbocycles. The van der Waals surface area contributed by atoms with E-state index in [9.17, 15) is 0 Å². The second kappa shape index (κ2) is 6.37. The maximum absolute atomic E-state index is 5.96. The van der Waals surface area contributed by atoms with Gasteiger partial charge < -0.3 is 10.5 Å². The van der Waals surface area contributed by atoms with Crippen molar-refractivity contribution >= 4 is 0 Å². The zero-order valence-electron chi connectivity index (χ0n) is 12.4. The summed E-state index contributed by atoms with van der Waals surface area (Å²) in [5.74, 6) is 2.65. The Morgan fingerprint density at radius 3 is 2.86 bits per heavy atom. The van der Waals surface area contributed by atoms with Crippen LogP contribution in [-0.4, -0.2) is 35.0 Å². The number of hydrogen-bond donors (Lipinski definition) is 1. The third kappa shape index (κ3) is 2.99. The highest BCUT2D eigenvalue weighted by Gasteiger charge is 2.29. The summed E-state index contributed by atoms with van der Waals surface area (Å²) in [6, 6.07) is 10.6. The zero-order valence-corrected chi connectivity index (χ0v) is 12.4. The summed E-state index contributed by atoms with van der Waals surface area (Å²) >= 11 is 0. The average molecular weight is 286 g/mol. The number of hydrogen-bond acceptors (Lipinski definition) is 4. The van der Waals surface area contributed by atoms with E-state index in [2.05, 4.69) is 40.4 Å². The van der Waals surface area contributed by atoms with E-state index < -0.39 is 0 Å². The van der Waals surface area contributed by atoms with Crippen LogP contribution in [0.25, 0.3) is 0 Å². The lowest BCUT2D eigenvalue weighted by Gasteiger charge is -2.28. The highest BCUT2D eigenvalue weighted by molar-refractivity contribution is 5.22. The second-order valence-electron chi connectivity index (χ2n) is 5.59. The number of aromatic nitrogens is 3. The summed E-state index contributed by atoms with van der Waals surface area (Å²) in [5.41, 5.74) is 7.32. The fraction of sp³-hybridized carbons (Fsp3) is 0.500. The molecule has 0 saturated heterocycles. The van der Waals surface area contributed by atoms with Gasteiger partial charge in [-0.25, -0.2) is 9.67 Å². The topological polar surface area (TPSA) is 66.0 Å². The highest BCUT2D eigenvalue weighted by Crippen LogP contribution is 2.34. The molecule has 2 heterocycles. The maximum Gasteiger partial charge on any atom is 0.153 e. The van der Waals surface area contributed by atoms with Crippen molar-refractivity contribution in [3.05, 3.63) is 47.5 Å². The first-order valence-electron chi connectivity index (χ1n) is 7.49. The lowest BCUT2D eigenvalue weighted by atomic mass is 9.85. The van der Waals surface area contributed by atoms with Crippen LogP contribution in [0.5, 0.6) is 0 Å². The third-order valence-electron chi connectivity index (χ3n) is 4.16. The first-order chi connectivity index (χ1) is 10.3. The first kappa shape index (κ1) is 14.2. The van der Waals surface area contributed by atoms with Gasteiger partial charge in [0, 0.05) is 38.5 Å². The Morgan fingerprint density at radius 2 is 2.14 bits per heavy atom. The van der Waals surface area contributed by atoms with Crippen LogP contribution in [0.1, 0.15) is 35.5 Å². The number of rotatable bonds is 5. The van der Waals surface area contributed by atoms with E-state index in [0.717, 1.165) is 31.0 Å². The van der Waals surface area contributed by atoms with Gasteiger partial charge in [0.25, 0.3) is 0 Å². The molecule has 3 rings (SSSR count). The van der Waals surface area contributed by atoms with Crippen molar-refractivity contribution in [1.29, 1.82) is 0 Å². The quantitative estimate of drug-likeness (QED) is 0.908. The molecule has 5 heteroatoms. The molecule has 0 spiro atoms. The van der Waals surface area contributed by atoms with Gasteiger partial charge in [-0.15, -0.1) is 0 Å². The molecule has 2 atom stereocenters. The molecule has 0 amide bonds. The zero-order chi connectivity index (χ0) is 14.7. The standard InChI is InChI=1S/C16H22N4O/c1-21-8-7-15-18-16-13(10-17)9-14(11-20(16)19-15)12-5-3-2-4-6-12/h2-6,13-14H,7-11,17H2,1H3. The van der Waals surface area contributed by atoms with Gasteiger partial charge in [-0.2, -0.15) is 5.10 Å². The van der Waals surface area contributed by atoms with E-state index in [1.165, 1.54) is 5.56 Å². The molecular weight excluding hydrogens is 264 g/mol. The minimum Gasteiger partial charge on any atom is -0.384 e. The van der Waals surface area contributed by atoms with Crippen LogP contribution in [-0.2, 0) is 17.7 Å². The van der Waals surface area contributed by atoms with Crippen molar-refractivity contribution < 1.29 is 4.74 Å². The number of methoxy groups -OCH3 is 1. The molecule has 1 aromatic heterocycles. The van der Waals surface area contributed by atoms with Crippen molar-refractivity contribution in [2.45, 2.75) is 31.2 Å². The summed E-state index contributed by atoms with van der Waals surface area (Å²) in [6.45, 7) is 2.15. The van der Waals surface area contributed by atoms with Crippen LogP contribution in [0.15, 0.2) is 30.3 Å². The fourth-order valence-electron chi connectivity index (χ4n) is 3.04. The first-order valence-corrected chi connectivity index (χ1v) is 7.49. The van der Waals surface area contributed by atoms with E-state index in [0.29, 0.717) is 19.1 Å². The molecule has 21 heavy (non-hydrogen) atoms. The predicted molar refractivity (Wildman–Crippen MR) is 81.2 cm³/mol. The van der Waals surface area contributed by atoms with E-state index >= 15 is 0 Å². The Morgan fingerprint density at radius 1 is 1.33 bits per heavy atom. The van der Waals surface area contributed by atoms with E-state index in [1.807, 2.05) is 4.68 Å². The summed E-state index contributed by atoms with van der Waals surface area (Å²) in [6.07, 6.45) is 1.80. The van der Waals surface area contributed by atoms with Gasteiger partial charge in [-0.3, -0.25) is 0 Å². The van der Waals surface area contributed by atoms with Gasteiger partial charge in [-0.05, 0) is 12.0 Å². The normalized spacial score (nSPS) is 21.2. The molecule has 1 aliphatic heterocycles. The number of benzene rings is 1. The van der Waals surface area contributed by atoms with Crippen LogP contribution in [0, 0.1) is 0 Å². The number of fused-ring (bicyclic) bond motifs is 1.